The molecule has 1 atom stereocenters. The van der Waals surface area contributed by atoms with Gasteiger partial charge in [0, 0.05) is 43.4 Å². The number of urea groups is 1. The van der Waals surface area contributed by atoms with E-state index in [-0.39, 0.29) is 24.5 Å². The molecule has 3 aromatic carbocycles. The van der Waals surface area contributed by atoms with Crippen molar-refractivity contribution in [1.82, 2.24) is 9.80 Å². The fourth-order valence-electron chi connectivity index (χ4n) is 4.21. The number of ether oxygens (including phenoxy) is 2. The highest BCUT2D eigenvalue weighted by Gasteiger charge is 2.30. The van der Waals surface area contributed by atoms with Crippen LogP contribution in [0.15, 0.2) is 72.8 Å². The van der Waals surface area contributed by atoms with Crippen molar-refractivity contribution in [2.75, 3.05) is 38.0 Å². The van der Waals surface area contributed by atoms with Crippen LogP contribution in [0.25, 0.3) is 0 Å². The van der Waals surface area contributed by atoms with Crippen LogP contribution in [-0.2, 0) is 17.5 Å². The van der Waals surface area contributed by atoms with E-state index in [0.717, 1.165) is 17.7 Å². The fraction of sp³-hybridized carbons (Fsp3) is 0.321. The third-order valence-corrected chi connectivity index (χ3v) is 6.64. The molecule has 1 N–H and O–H groups in total. The van der Waals surface area contributed by atoms with Crippen LogP contribution in [0.1, 0.15) is 22.8 Å². The number of amides is 2. The van der Waals surface area contributed by atoms with Gasteiger partial charge >= 0.3 is 18.8 Å². The Labute approximate surface area is 233 Å². The summed E-state index contributed by atoms with van der Waals surface area (Å²) in [6.07, 6.45) is -4.78. The minimum absolute atomic E-state index is 0.00241. The first-order valence-corrected chi connectivity index (χ1v) is 12.8. The molecule has 6 nitrogen and oxygen atoms in total. The average molecular weight is 584 g/mol. The van der Waals surface area contributed by atoms with Gasteiger partial charge in [-0.2, -0.15) is 22.0 Å². The van der Waals surface area contributed by atoms with Crippen LogP contribution >= 0.6 is 11.6 Å². The highest BCUT2D eigenvalue weighted by Crippen LogP contribution is 2.30. The zero-order valence-electron chi connectivity index (χ0n) is 21.2. The third kappa shape index (κ3) is 8.54. The van der Waals surface area contributed by atoms with Gasteiger partial charge in [-0.05, 0) is 59.7 Å². The first-order chi connectivity index (χ1) is 19.1. The number of hydrogen-bond acceptors (Lipinski definition) is 4. The number of piperazine rings is 1. The van der Waals surface area contributed by atoms with Gasteiger partial charge in [0.1, 0.15) is 5.75 Å². The predicted octanol–water partition coefficient (Wildman–Crippen LogP) is 7.07. The van der Waals surface area contributed by atoms with E-state index in [4.69, 9.17) is 16.3 Å². The number of halogens is 6. The van der Waals surface area contributed by atoms with Crippen molar-refractivity contribution in [3.8, 4) is 5.75 Å². The van der Waals surface area contributed by atoms with Gasteiger partial charge in [0.25, 0.3) is 0 Å². The summed E-state index contributed by atoms with van der Waals surface area (Å²) < 4.78 is 73.7. The van der Waals surface area contributed by atoms with Crippen LogP contribution in [-0.4, -0.2) is 55.2 Å². The maximum Gasteiger partial charge on any atom is 0.416 e. The van der Waals surface area contributed by atoms with Crippen LogP contribution in [0.2, 0.25) is 5.02 Å². The molecule has 0 aliphatic carbocycles. The summed E-state index contributed by atoms with van der Waals surface area (Å²) in [6.45, 7) is -0.260. The van der Waals surface area contributed by atoms with Gasteiger partial charge < -0.3 is 19.7 Å². The first-order valence-electron chi connectivity index (χ1n) is 12.4. The van der Waals surface area contributed by atoms with Crippen molar-refractivity contribution < 1.29 is 36.2 Å². The molecule has 214 valence electrons. The minimum Gasteiger partial charge on any atom is -0.435 e. The molecule has 1 heterocycles. The zero-order chi connectivity index (χ0) is 28.7. The van der Waals surface area contributed by atoms with E-state index in [1.165, 1.54) is 36.4 Å². The summed E-state index contributed by atoms with van der Waals surface area (Å²) >= 11 is 6.04. The number of benzene rings is 3. The number of carbonyl (C=O) groups excluding carboxylic acids is 1. The molecule has 1 aliphatic rings. The Bertz CT molecular complexity index is 1230. The second-order valence-electron chi connectivity index (χ2n) is 9.17. The Kier molecular flexibility index (Phi) is 9.83. The maximum absolute atomic E-state index is 12.9. The van der Waals surface area contributed by atoms with Crippen molar-refractivity contribution in [2.45, 2.75) is 25.5 Å². The van der Waals surface area contributed by atoms with Gasteiger partial charge in [-0.25, -0.2) is 4.79 Å². The molecule has 0 unspecified atom stereocenters. The van der Waals surface area contributed by atoms with E-state index >= 15 is 0 Å². The van der Waals surface area contributed by atoms with Crippen LogP contribution in [0.4, 0.5) is 32.4 Å². The molecule has 1 fully saturated rings. The molecule has 1 saturated heterocycles. The van der Waals surface area contributed by atoms with E-state index in [9.17, 15) is 26.7 Å². The van der Waals surface area contributed by atoms with Crippen molar-refractivity contribution in [3.63, 3.8) is 0 Å². The first kappa shape index (κ1) is 29.6. The highest BCUT2D eigenvalue weighted by atomic mass is 35.5. The molecular formula is C28H27ClF5N3O3. The molecule has 3 aromatic rings. The van der Waals surface area contributed by atoms with E-state index in [0.29, 0.717) is 49.0 Å². The standard InChI is InChI=1S/C28H27ClF5N3O3/c29-22-7-3-20(4-8-22)25(39-18-19-1-5-21(6-2-19)28(32,33)34)17-36-13-15-37(16-14-36)27(38)35-23-9-11-24(12-10-23)40-26(30)31/h1-12,25-26H,13-18H2,(H,35,38)/t25-/m1/s1. The Hall–Kier alpha value is -3.41. The van der Waals surface area contributed by atoms with E-state index < -0.39 is 18.4 Å². The molecule has 0 radical (unpaired) electrons. The minimum atomic E-state index is -4.40. The summed E-state index contributed by atoms with van der Waals surface area (Å²) in [6, 6.07) is 17.4. The number of anilines is 1. The van der Waals surface area contributed by atoms with Crippen molar-refractivity contribution >= 4 is 23.3 Å². The molecule has 0 saturated carbocycles. The summed E-state index contributed by atoms with van der Waals surface area (Å²) in [5.41, 5.74) is 1.22. The number of nitrogens with zero attached hydrogens (tertiary/aromatic N) is 2. The highest BCUT2D eigenvalue weighted by molar-refractivity contribution is 6.30. The maximum atomic E-state index is 12.9. The predicted molar refractivity (Wildman–Crippen MR) is 141 cm³/mol. The molecular weight excluding hydrogens is 557 g/mol. The quantitative estimate of drug-likeness (QED) is 0.274. The van der Waals surface area contributed by atoms with Gasteiger partial charge in [-0.3, -0.25) is 4.90 Å². The second kappa shape index (κ2) is 13.3. The topological polar surface area (TPSA) is 54.0 Å². The lowest BCUT2D eigenvalue weighted by molar-refractivity contribution is -0.137. The molecule has 40 heavy (non-hydrogen) atoms. The largest absolute Gasteiger partial charge is 0.435 e. The molecule has 12 heteroatoms. The number of alkyl halides is 5. The third-order valence-electron chi connectivity index (χ3n) is 6.39. The lowest BCUT2D eigenvalue weighted by Crippen LogP contribution is -2.50. The van der Waals surface area contributed by atoms with Gasteiger partial charge in [0.15, 0.2) is 0 Å². The number of carbonyl (C=O) groups is 1. The summed E-state index contributed by atoms with van der Waals surface area (Å²) in [5.74, 6) is -0.00241. The molecule has 0 aromatic heterocycles. The smallest absolute Gasteiger partial charge is 0.416 e. The van der Waals surface area contributed by atoms with E-state index in [2.05, 4.69) is 15.0 Å². The number of nitrogens with one attached hydrogen (secondary N) is 1. The van der Waals surface area contributed by atoms with Crippen LogP contribution in [0.3, 0.4) is 0 Å². The van der Waals surface area contributed by atoms with Gasteiger partial charge in [-0.1, -0.05) is 35.9 Å². The van der Waals surface area contributed by atoms with Crippen LogP contribution in [0, 0.1) is 0 Å². The van der Waals surface area contributed by atoms with Gasteiger partial charge in [0.2, 0.25) is 0 Å². The van der Waals surface area contributed by atoms with Crippen LogP contribution in [0.5, 0.6) is 5.75 Å². The second-order valence-corrected chi connectivity index (χ2v) is 9.60. The van der Waals surface area contributed by atoms with E-state index in [1.54, 1.807) is 17.0 Å². The number of hydrogen-bond donors (Lipinski definition) is 1. The molecule has 1 aliphatic heterocycles. The lowest BCUT2D eigenvalue weighted by Gasteiger charge is -2.36. The normalized spacial score (nSPS) is 15.2. The molecule has 2 amide bonds. The molecule has 0 bridgehead atoms. The van der Waals surface area contributed by atoms with Crippen molar-refractivity contribution in [1.29, 1.82) is 0 Å². The van der Waals surface area contributed by atoms with Gasteiger partial charge in [-0.15, -0.1) is 0 Å². The molecule has 4 rings (SSSR count). The Morgan fingerprint density at radius 3 is 2.10 bits per heavy atom. The van der Waals surface area contributed by atoms with Crippen molar-refractivity contribution in [2.24, 2.45) is 0 Å². The fourth-order valence-corrected chi connectivity index (χ4v) is 4.33. The monoisotopic (exact) mass is 583 g/mol. The number of rotatable bonds is 9. The van der Waals surface area contributed by atoms with Gasteiger partial charge in [0.05, 0.1) is 18.3 Å². The Morgan fingerprint density at radius 1 is 0.900 bits per heavy atom. The van der Waals surface area contributed by atoms with E-state index in [1.807, 2.05) is 12.1 Å². The Balaban J connectivity index is 1.32. The summed E-state index contributed by atoms with van der Waals surface area (Å²) in [7, 11) is 0. The average Bonchev–Trinajstić information content (AvgIpc) is 2.92. The van der Waals surface area contributed by atoms with Crippen molar-refractivity contribution in [3.05, 3.63) is 94.5 Å². The van der Waals surface area contributed by atoms with Crippen LogP contribution < -0.4 is 10.1 Å². The molecule has 0 spiro atoms. The summed E-state index contributed by atoms with van der Waals surface area (Å²) in [5, 5.41) is 3.32. The lowest BCUT2D eigenvalue weighted by atomic mass is 10.1. The Morgan fingerprint density at radius 2 is 1.52 bits per heavy atom. The SMILES string of the molecule is O=C(Nc1ccc(OC(F)F)cc1)N1CCN(C[C@@H](OCc2ccc(C(F)(F)F)cc2)c2ccc(Cl)cc2)CC1. The summed E-state index contributed by atoms with van der Waals surface area (Å²) in [4.78, 5) is 16.5. The zero-order valence-corrected chi connectivity index (χ0v) is 22.0.